The summed E-state index contributed by atoms with van der Waals surface area (Å²) < 4.78 is 29.4. The molecular formula is C23H35N3O12. The van der Waals surface area contributed by atoms with E-state index in [0.29, 0.717) is 0 Å². The molecule has 0 aliphatic rings. The van der Waals surface area contributed by atoms with Crippen LogP contribution in [0.3, 0.4) is 0 Å². The molecule has 38 heavy (non-hydrogen) atoms. The molecular weight excluding hydrogens is 510 g/mol. The summed E-state index contributed by atoms with van der Waals surface area (Å²) in [4.78, 5) is 69.7. The van der Waals surface area contributed by atoms with Crippen molar-refractivity contribution < 1.29 is 57.2 Å². The number of rotatable bonds is 16. The Hall–Kier alpha value is -4.30. The number of alkyl carbamates (subject to hydrolysis) is 3. The molecule has 0 spiro atoms. The summed E-state index contributed by atoms with van der Waals surface area (Å²) in [7, 11) is 1.15. The van der Waals surface area contributed by atoms with Crippen LogP contribution in [0.5, 0.6) is 0 Å². The zero-order valence-electron chi connectivity index (χ0n) is 22.0. The second-order valence-electron chi connectivity index (χ2n) is 8.15. The smallest absolute Gasteiger partial charge is 0.407 e. The van der Waals surface area contributed by atoms with Crippen molar-refractivity contribution in [2.24, 2.45) is 5.41 Å². The van der Waals surface area contributed by atoms with Gasteiger partial charge in [0.15, 0.2) is 0 Å². The quantitative estimate of drug-likeness (QED) is 0.106. The number of nitrogens with one attached hydrogen (secondary N) is 3. The van der Waals surface area contributed by atoms with Crippen LogP contribution in [0, 0.1) is 5.41 Å². The summed E-state index contributed by atoms with van der Waals surface area (Å²) in [6, 6.07) is 0. The number of esters is 3. The van der Waals surface area contributed by atoms with Gasteiger partial charge in [-0.2, -0.15) is 0 Å². The second-order valence-corrected chi connectivity index (χ2v) is 8.15. The molecule has 0 radical (unpaired) electrons. The third-order valence-electron chi connectivity index (χ3n) is 4.17. The normalized spacial score (nSPS) is 10.2. The second kappa shape index (κ2) is 18.0. The van der Waals surface area contributed by atoms with Crippen molar-refractivity contribution in [3.63, 3.8) is 0 Å². The Kier molecular flexibility index (Phi) is 16.0. The van der Waals surface area contributed by atoms with E-state index in [9.17, 15) is 28.8 Å². The van der Waals surface area contributed by atoms with Gasteiger partial charge in [0.1, 0.15) is 39.6 Å². The Morgan fingerprint density at radius 3 is 1.37 bits per heavy atom. The highest BCUT2D eigenvalue weighted by Crippen LogP contribution is 2.19. The highest BCUT2D eigenvalue weighted by molar-refractivity contribution is 5.87. The van der Waals surface area contributed by atoms with Gasteiger partial charge in [0.05, 0.1) is 25.6 Å². The number of carbonyl (C=O) groups is 6. The van der Waals surface area contributed by atoms with E-state index in [4.69, 9.17) is 23.7 Å². The molecule has 0 aliphatic heterocycles. The van der Waals surface area contributed by atoms with Gasteiger partial charge >= 0.3 is 36.2 Å². The molecule has 0 aromatic rings. The predicted molar refractivity (Wildman–Crippen MR) is 130 cm³/mol. The van der Waals surface area contributed by atoms with Crippen molar-refractivity contribution in [3.8, 4) is 0 Å². The first kappa shape index (κ1) is 33.7. The molecule has 3 N–H and O–H groups in total. The number of methoxy groups -OCH3 is 1. The van der Waals surface area contributed by atoms with E-state index in [1.807, 2.05) is 0 Å². The van der Waals surface area contributed by atoms with Crippen molar-refractivity contribution in [3.05, 3.63) is 24.3 Å². The van der Waals surface area contributed by atoms with E-state index in [1.54, 1.807) is 0 Å². The molecule has 0 unspecified atom stereocenters. The largest absolute Gasteiger partial charge is 0.468 e. The van der Waals surface area contributed by atoms with Gasteiger partial charge < -0.3 is 44.4 Å². The van der Waals surface area contributed by atoms with E-state index in [0.717, 1.165) is 7.11 Å². The predicted octanol–water partition coefficient (Wildman–Crippen LogP) is 0.583. The molecule has 0 aliphatic carbocycles. The highest BCUT2D eigenvalue weighted by atomic mass is 16.6. The molecule has 0 rings (SSSR count). The topological polar surface area (TPSA) is 194 Å². The maximum absolute atomic E-state index is 12.0. The van der Waals surface area contributed by atoms with Crippen molar-refractivity contribution >= 4 is 36.2 Å². The van der Waals surface area contributed by atoms with Crippen LogP contribution in [-0.2, 0) is 42.8 Å². The van der Waals surface area contributed by atoms with Crippen LogP contribution >= 0.6 is 0 Å². The van der Waals surface area contributed by atoms with Crippen molar-refractivity contribution in [1.29, 1.82) is 0 Å². The summed E-state index contributed by atoms with van der Waals surface area (Å²) in [5, 5.41) is 6.89. The van der Waals surface area contributed by atoms with Gasteiger partial charge in [0.2, 0.25) is 0 Å². The zero-order valence-corrected chi connectivity index (χ0v) is 22.0. The van der Waals surface area contributed by atoms with Gasteiger partial charge in [-0.1, -0.05) is 13.2 Å². The average molecular weight is 546 g/mol. The minimum Gasteiger partial charge on any atom is -0.468 e. The lowest BCUT2D eigenvalue weighted by molar-refractivity contribution is -0.140. The van der Waals surface area contributed by atoms with Crippen LogP contribution in [-0.4, -0.2) is 96.0 Å². The van der Waals surface area contributed by atoms with Gasteiger partial charge in [-0.25, -0.2) is 24.0 Å². The molecule has 15 nitrogen and oxygen atoms in total. The lowest BCUT2D eigenvalue weighted by Crippen LogP contribution is -2.41. The minimum absolute atomic E-state index is 0.0458. The molecule has 0 fully saturated rings. The average Bonchev–Trinajstić information content (AvgIpc) is 2.88. The summed E-state index contributed by atoms with van der Waals surface area (Å²) in [6.07, 6.45) is -2.71. The Bertz CT molecular complexity index is 837. The minimum atomic E-state index is -1.21. The first-order valence-corrected chi connectivity index (χ1v) is 11.2. The van der Waals surface area contributed by atoms with E-state index in [-0.39, 0.29) is 57.3 Å². The molecule has 214 valence electrons. The maximum Gasteiger partial charge on any atom is 0.407 e. The monoisotopic (exact) mass is 545 g/mol. The Balaban J connectivity index is 4.80. The summed E-state index contributed by atoms with van der Waals surface area (Å²) in [5.74, 6) is -1.92. The molecule has 0 atom stereocenters. The van der Waals surface area contributed by atoms with Gasteiger partial charge in [-0.15, -0.1) is 0 Å². The van der Waals surface area contributed by atoms with Gasteiger partial charge in [0.25, 0.3) is 0 Å². The first-order valence-electron chi connectivity index (χ1n) is 11.2. The van der Waals surface area contributed by atoms with E-state index in [2.05, 4.69) is 33.8 Å². The Morgan fingerprint density at radius 1 is 0.658 bits per heavy atom. The third kappa shape index (κ3) is 16.4. The maximum atomic E-state index is 12.0. The van der Waals surface area contributed by atoms with Gasteiger partial charge in [-0.05, 0) is 20.8 Å². The Labute approximate surface area is 220 Å². The van der Waals surface area contributed by atoms with Crippen molar-refractivity contribution in [1.82, 2.24) is 16.0 Å². The SMILES string of the molecule is C=C(C)C(=O)OCCNC(=O)OCC(C)(COC(=O)NCCOC(=O)C(=C)C)COC(=O)NCC(=O)OC. The Morgan fingerprint density at radius 2 is 1.03 bits per heavy atom. The molecule has 15 heteroatoms. The standard InChI is InChI=1S/C23H35N3O12/c1-15(2)18(28)34-9-7-24-20(30)36-12-23(5,14-38-22(32)26-11-17(27)33-6)13-37-21(31)25-8-10-35-19(29)16(3)4/h1,3,7-14H2,2,4-6H3,(H,24,30)(H,25,31)(H,26,32). The third-order valence-corrected chi connectivity index (χ3v) is 4.17. The van der Waals surface area contributed by atoms with Crippen LogP contribution in [0.1, 0.15) is 20.8 Å². The van der Waals surface area contributed by atoms with Crippen LogP contribution in [0.2, 0.25) is 0 Å². The van der Waals surface area contributed by atoms with E-state index in [1.165, 1.54) is 20.8 Å². The van der Waals surface area contributed by atoms with Crippen molar-refractivity contribution in [2.75, 3.05) is 59.8 Å². The van der Waals surface area contributed by atoms with E-state index >= 15 is 0 Å². The number of hydrogen-bond acceptors (Lipinski definition) is 12. The summed E-state index contributed by atoms with van der Waals surface area (Å²) in [6.45, 7) is 9.45. The summed E-state index contributed by atoms with van der Waals surface area (Å²) in [5.41, 5.74) is -0.803. The lowest BCUT2D eigenvalue weighted by atomic mass is 9.94. The zero-order chi connectivity index (χ0) is 29.1. The van der Waals surface area contributed by atoms with Crippen LogP contribution in [0.15, 0.2) is 24.3 Å². The lowest BCUT2D eigenvalue weighted by Gasteiger charge is -2.28. The fraction of sp³-hybridized carbons (Fsp3) is 0.565. The molecule has 3 amide bonds. The molecule has 0 saturated heterocycles. The van der Waals surface area contributed by atoms with Gasteiger partial charge in [0, 0.05) is 11.1 Å². The molecule has 0 saturated carbocycles. The number of ether oxygens (including phenoxy) is 6. The van der Waals surface area contributed by atoms with Gasteiger partial charge in [-0.3, -0.25) is 4.79 Å². The number of hydrogen-bond donors (Lipinski definition) is 3. The molecule has 0 bridgehead atoms. The molecule has 0 heterocycles. The molecule has 0 aromatic heterocycles. The number of carbonyl (C=O) groups excluding carboxylic acids is 6. The number of amides is 3. The summed E-state index contributed by atoms with van der Waals surface area (Å²) >= 11 is 0. The first-order chi connectivity index (χ1) is 17.8. The fourth-order valence-electron chi connectivity index (χ4n) is 2.05. The van der Waals surface area contributed by atoms with Crippen LogP contribution in [0.25, 0.3) is 0 Å². The van der Waals surface area contributed by atoms with Crippen LogP contribution < -0.4 is 16.0 Å². The fourth-order valence-corrected chi connectivity index (χ4v) is 2.05. The van der Waals surface area contributed by atoms with Crippen LogP contribution in [0.4, 0.5) is 14.4 Å². The highest BCUT2D eigenvalue weighted by Gasteiger charge is 2.31. The van der Waals surface area contributed by atoms with E-state index < -0.39 is 48.1 Å². The molecule has 0 aromatic carbocycles. The van der Waals surface area contributed by atoms with Crippen molar-refractivity contribution in [2.45, 2.75) is 20.8 Å².